The Kier molecular flexibility index (Phi) is 6.36. The highest BCUT2D eigenvalue weighted by Crippen LogP contribution is 2.47. The zero-order valence-corrected chi connectivity index (χ0v) is 17.2. The van der Waals surface area contributed by atoms with Gasteiger partial charge in [0, 0.05) is 5.92 Å². The van der Waals surface area contributed by atoms with Gasteiger partial charge in [0.05, 0.1) is 13.7 Å². The molecule has 3 aromatic rings. The Morgan fingerprint density at radius 2 is 1.67 bits per heavy atom. The molecule has 0 saturated heterocycles. The smallest absolute Gasteiger partial charge is 0.119 e. The number of ether oxygens (including phenoxy) is 2. The van der Waals surface area contributed by atoms with Gasteiger partial charge in [-0.15, -0.1) is 0 Å². The van der Waals surface area contributed by atoms with Crippen molar-refractivity contribution in [3.8, 4) is 11.5 Å². The van der Waals surface area contributed by atoms with E-state index in [2.05, 4.69) is 54.6 Å². The number of methoxy groups -OCH3 is 1. The number of aliphatic hydroxyl groups is 2. The minimum atomic E-state index is -0.868. The molecular formula is C26H28O4. The Labute approximate surface area is 177 Å². The first-order chi connectivity index (χ1) is 14.7. The van der Waals surface area contributed by atoms with Crippen LogP contribution in [0, 0.1) is 0 Å². The third-order valence-electron chi connectivity index (χ3n) is 5.93. The van der Waals surface area contributed by atoms with E-state index in [1.54, 1.807) is 7.11 Å². The Morgan fingerprint density at radius 3 is 2.37 bits per heavy atom. The van der Waals surface area contributed by atoms with Crippen LogP contribution in [-0.2, 0) is 6.42 Å². The standard InChI is InChI=1S/C26H28O4/c1-29-23-12-14-25-20(15-23)9-13-24(18-5-3-2-4-6-18)26(25)19-7-10-22(11-8-19)30-17-21(28)16-27/h2-8,10-12,14-15,21,24,26-28H,9,13,16-17H2,1H3/t21-,24-,26+/m0/s1. The molecule has 30 heavy (non-hydrogen) atoms. The highest BCUT2D eigenvalue weighted by atomic mass is 16.5. The molecule has 0 spiro atoms. The van der Waals surface area contributed by atoms with Crippen LogP contribution in [0.5, 0.6) is 11.5 Å². The number of hydrogen-bond acceptors (Lipinski definition) is 4. The van der Waals surface area contributed by atoms with Crippen molar-refractivity contribution >= 4 is 0 Å². The highest BCUT2D eigenvalue weighted by molar-refractivity contribution is 5.48. The van der Waals surface area contributed by atoms with Crippen molar-refractivity contribution < 1.29 is 19.7 Å². The molecule has 0 radical (unpaired) electrons. The molecule has 3 atom stereocenters. The maximum atomic E-state index is 9.51. The van der Waals surface area contributed by atoms with Crippen molar-refractivity contribution in [1.82, 2.24) is 0 Å². The van der Waals surface area contributed by atoms with Crippen LogP contribution >= 0.6 is 0 Å². The van der Waals surface area contributed by atoms with Crippen LogP contribution in [0.2, 0.25) is 0 Å². The molecule has 0 saturated carbocycles. The van der Waals surface area contributed by atoms with E-state index < -0.39 is 6.10 Å². The molecule has 4 rings (SSSR count). The first-order valence-corrected chi connectivity index (χ1v) is 10.4. The summed E-state index contributed by atoms with van der Waals surface area (Å²) >= 11 is 0. The maximum absolute atomic E-state index is 9.51. The van der Waals surface area contributed by atoms with Gasteiger partial charge in [0.1, 0.15) is 24.2 Å². The minimum absolute atomic E-state index is 0.0779. The average Bonchev–Trinajstić information content (AvgIpc) is 2.82. The molecule has 0 aliphatic heterocycles. The third-order valence-corrected chi connectivity index (χ3v) is 5.93. The number of aryl methyl sites for hydroxylation is 1. The average molecular weight is 405 g/mol. The maximum Gasteiger partial charge on any atom is 0.119 e. The molecule has 0 bridgehead atoms. The topological polar surface area (TPSA) is 58.9 Å². The van der Waals surface area contributed by atoms with Gasteiger partial charge in [0.25, 0.3) is 0 Å². The molecule has 0 amide bonds. The summed E-state index contributed by atoms with van der Waals surface area (Å²) in [6.07, 6.45) is 1.24. The number of fused-ring (bicyclic) bond motifs is 1. The van der Waals surface area contributed by atoms with Gasteiger partial charge < -0.3 is 19.7 Å². The monoisotopic (exact) mass is 404 g/mol. The van der Waals surface area contributed by atoms with Crippen molar-refractivity contribution in [3.05, 3.63) is 95.1 Å². The molecule has 4 nitrogen and oxygen atoms in total. The van der Waals surface area contributed by atoms with Crippen molar-refractivity contribution in [1.29, 1.82) is 0 Å². The van der Waals surface area contributed by atoms with Crippen LogP contribution in [0.15, 0.2) is 72.8 Å². The first kappa shape index (κ1) is 20.5. The highest BCUT2D eigenvalue weighted by Gasteiger charge is 2.32. The number of aliphatic hydroxyl groups excluding tert-OH is 2. The number of rotatable bonds is 7. The quantitative estimate of drug-likeness (QED) is 0.617. The van der Waals surface area contributed by atoms with Crippen molar-refractivity contribution in [2.75, 3.05) is 20.3 Å². The van der Waals surface area contributed by atoms with Crippen LogP contribution in [-0.4, -0.2) is 36.6 Å². The second kappa shape index (κ2) is 9.33. The summed E-state index contributed by atoms with van der Waals surface area (Å²) < 4.78 is 11.0. The van der Waals surface area contributed by atoms with Crippen molar-refractivity contribution in [2.24, 2.45) is 0 Å². The van der Waals surface area contributed by atoms with Gasteiger partial charge in [0.2, 0.25) is 0 Å². The van der Waals surface area contributed by atoms with Crippen LogP contribution in [0.4, 0.5) is 0 Å². The minimum Gasteiger partial charge on any atom is -0.497 e. The molecule has 0 heterocycles. The molecule has 1 aliphatic rings. The summed E-state index contributed by atoms with van der Waals surface area (Å²) in [5, 5.41) is 18.5. The summed E-state index contributed by atoms with van der Waals surface area (Å²) in [6, 6.07) is 25.3. The lowest BCUT2D eigenvalue weighted by molar-refractivity contribution is 0.0536. The number of hydrogen-bond donors (Lipinski definition) is 2. The molecule has 1 aliphatic carbocycles. The zero-order chi connectivity index (χ0) is 20.9. The fourth-order valence-electron chi connectivity index (χ4n) is 4.41. The lowest BCUT2D eigenvalue weighted by Gasteiger charge is -2.35. The lowest BCUT2D eigenvalue weighted by Crippen LogP contribution is -2.21. The van der Waals surface area contributed by atoms with Gasteiger partial charge >= 0.3 is 0 Å². The summed E-state index contributed by atoms with van der Waals surface area (Å²) in [7, 11) is 1.71. The normalized spacial score (nSPS) is 19.0. The van der Waals surface area contributed by atoms with E-state index >= 15 is 0 Å². The predicted octanol–water partition coefficient (Wildman–Crippen LogP) is 4.29. The van der Waals surface area contributed by atoms with E-state index in [-0.39, 0.29) is 19.1 Å². The summed E-state index contributed by atoms with van der Waals surface area (Å²) in [4.78, 5) is 0. The third kappa shape index (κ3) is 4.35. The van der Waals surface area contributed by atoms with Crippen LogP contribution in [0.3, 0.4) is 0 Å². The Morgan fingerprint density at radius 1 is 0.933 bits per heavy atom. The van der Waals surface area contributed by atoms with Gasteiger partial charge in [-0.3, -0.25) is 0 Å². The van der Waals surface area contributed by atoms with Gasteiger partial charge in [0.15, 0.2) is 0 Å². The fourth-order valence-corrected chi connectivity index (χ4v) is 4.41. The zero-order valence-electron chi connectivity index (χ0n) is 17.2. The molecule has 0 unspecified atom stereocenters. The summed E-state index contributed by atoms with van der Waals surface area (Å²) in [5.41, 5.74) is 5.29. The van der Waals surface area contributed by atoms with Gasteiger partial charge in [-0.25, -0.2) is 0 Å². The van der Waals surface area contributed by atoms with Crippen LogP contribution in [0.25, 0.3) is 0 Å². The Hall–Kier alpha value is -2.82. The van der Waals surface area contributed by atoms with E-state index in [0.29, 0.717) is 11.7 Å². The first-order valence-electron chi connectivity index (χ1n) is 10.4. The second-order valence-corrected chi connectivity index (χ2v) is 7.81. The molecule has 2 N–H and O–H groups in total. The molecule has 0 fully saturated rings. The van der Waals surface area contributed by atoms with Gasteiger partial charge in [-0.05, 0) is 65.3 Å². The molecular weight excluding hydrogens is 376 g/mol. The Bertz CT molecular complexity index is 953. The summed E-state index contributed by atoms with van der Waals surface area (Å²) in [6.45, 7) is -0.228. The predicted molar refractivity (Wildman–Crippen MR) is 117 cm³/mol. The Balaban J connectivity index is 1.68. The second-order valence-electron chi connectivity index (χ2n) is 7.81. The van der Waals surface area contributed by atoms with E-state index in [1.165, 1.54) is 22.3 Å². The van der Waals surface area contributed by atoms with Gasteiger partial charge in [-0.2, -0.15) is 0 Å². The molecule has 156 valence electrons. The van der Waals surface area contributed by atoms with E-state index in [0.717, 1.165) is 18.6 Å². The molecule has 3 aromatic carbocycles. The summed E-state index contributed by atoms with van der Waals surface area (Å²) in [5.74, 6) is 2.24. The van der Waals surface area contributed by atoms with E-state index in [1.807, 2.05) is 18.2 Å². The lowest BCUT2D eigenvalue weighted by atomic mass is 9.69. The largest absolute Gasteiger partial charge is 0.497 e. The SMILES string of the molecule is COc1ccc2c(c1)CC[C@@H](c1ccccc1)[C@H]2c1ccc(OC[C@@H](O)CO)cc1. The van der Waals surface area contributed by atoms with Crippen LogP contribution in [0.1, 0.15) is 40.5 Å². The fraction of sp³-hybridized carbons (Fsp3) is 0.308. The molecule has 4 heteroatoms. The number of benzene rings is 3. The van der Waals surface area contributed by atoms with Crippen molar-refractivity contribution in [3.63, 3.8) is 0 Å². The van der Waals surface area contributed by atoms with E-state index in [9.17, 15) is 5.11 Å². The van der Waals surface area contributed by atoms with Gasteiger partial charge in [-0.1, -0.05) is 48.5 Å². The van der Waals surface area contributed by atoms with Crippen molar-refractivity contribution in [2.45, 2.75) is 30.8 Å². The molecule has 0 aromatic heterocycles. The van der Waals surface area contributed by atoms with E-state index in [4.69, 9.17) is 14.6 Å². The van der Waals surface area contributed by atoms with Crippen LogP contribution < -0.4 is 9.47 Å².